The number of rotatable bonds is 8. The molecule has 212 valence electrons. The fraction of sp³-hybridized carbons (Fsp3) is 0.484. The highest BCUT2D eigenvalue weighted by Gasteiger charge is 2.50. The number of carbonyl (C=O) groups excluding carboxylic acids is 1. The van der Waals surface area contributed by atoms with E-state index >= 15 is 0 Å². The average molecular weight is 566 g/mol. The summed E-state index contributed by atoms with van der Waals surface area (Å²) >= 11 is 6.62. The molecule has 0 amide bonds. The number of allylic oxidation sites excluding steroid dienone is 2. The number of imidazole rings is 1. The topological polar surface area (TPSA) is 125 Å². The molecule has 8 nitrogen and oxygen atoms in total. The van der Waals surface area contributed by atoms with Gasteiger partial charge in [0.05, 0.1) is 27.2 Å². The molecule has 1 saturated carbocycles. The number of carboxylic acid groups (broad SMARTS) is 1. The Bertz CT molecular complexity index is 1450. The highest BCUT2D eigenvalue weighted by Crippen LogP contribution is 2.43. The summed E-state index contributed by atoms with van der Waals surface area (Å²) in [6.45, 7) is 4.79. The van der Waals surface area contributed by atoms with E-state index in [1.807, 2.05) is 12.1 Å². The molecule has 5 rings (SSSR count). The Morgan fingerprint density at radius 2 is 1.80 bits per heavy atom. The SMILES string of the molecule is CC(=O)CC1CC=C(c2ccc(-c3nc4nc(OC5CCC(O)(C(C)(C)C(=O)O)CC5)[nH]c4cc3Cl)cc2)CC1. The van der Waals surface area contributed by atoms with Gasteiger partial charge in [-0.25, -0.2) is 4.98 Å². The standard InChI is InChI=1S/C31H36ClN3O5/c1-18(36)16-19-4-6-20(7-5-19)21-8-10-22(11-9-21)26-24(32)17-25-27(34-26)35-29(33-25)40-23-12-14-31(39,15-13-23)30(2,3)28(37)38/h6,8-11,17,19,23,39H,4-5,7,12-16H2,1-3H3,(H,37,38)(H,33,34,35). The van der Waals surface area contributed by atoms with Gasteiger partial charge in [-0.3, -0.25) is 4.79 Å². The van der Waals surface area contributed by atoms with Gasteiger partial charge in [-0.15, -0.1) is 0 Å². The van der Waals surface area contributed by atoms with Crippen LogP contribution in [0.3, 0.4) is 0 Å². The number of aromatic nitrogens is 3. The van der Waals surface area contributed by atoms with Gasteiger partial charge in [0.1, 0.15) is 11.9 Å². The molecule has 1 aromatic carbocycles. The molecule has 0 saturated heterocycles. The maximum atomic E-state index is 11.6. The van der Waals surface area contributed by atoms with Crippen LogP contribution < -0.4 is 4.74 Å². The van der Waals surface area contributed by atoms with E-state index in [0.29, 0.717) is 65.9 Å². The van der Waals surface area contributed by atoms with Crippen LogP contribution >= 0.6 is 11.6 Å². The summed E-state index contributed by atoms with van der Waals surface area (Å²) in [6, 6.07) is 10.3. The lowest BCUT2D eigenvalue weighted by Crippen LogP contribution is -2.52. The maximum absolute atomic E-state index is 11.6. The smallest absolute Gasteiger partial charge is 0.312 e. The van der Waals surface area contributed by atoms with Crippen molar-refractivity contribution in [1.82, 2.24) is 15.0 Å². The van der Waals surface area contributed by atoms with Crippen LogP contribution in [0.2, 0.25) is 5.02 Å². The minimum Gasteiger partial charge on any atom is -0.481 e. The zero-order valence-corrected chi connectivity index (χ0v) is 23.9. The number of aromatic amines is 1. The number of halogens is 1. The van der Waals surface area contributed by atoms with Crippen molar-refractivity contribution in [1.29, 1.82) is 0 Å². The first-order chi connectivity index (χ1) is 18.9. The van der Waals surface area contributed by atoms with E-state index < -0.39 is 17.0 Å². The number of nitrogens with zero attached hydrogens (tertiary/aromatic N) is 2. The quantitative estimate of drug-likeness (QED) is 0.281. The van der Waals surface area contributed by atoms with Crippen LogP contribution in [0.25, 0.3) is 28.0 Å². The third-order valence-corrected chi connectivity index (χ3v) is 9.05. The minimum absolute atomic E-state index is 0.195. The number of pyridine rings is 1. The molecule has 1 unspecified atom stereocenters. The van der Waals surface area contributed by atoms with Gasteiger partial charge in [-0.2, -0.15) is 4.98 Å². The number of hydrogen-bond donors (Lipinski definition) is 3. The Hall–Kier alpha value is -3.23. The number of fused-ring (bicyclic) bond motifs is 1. The normalized spacial score (nSPS) is 23.6. The maximum Gasteiger partial charge on any atom is 0.312 e. The van der Waals surface area contributed by atoms with Crippen molar-refractivity contribution in [3.8, 4) is 17.3 Å². The lowest BCUT2D eigenvalue weighted by molar-refractivity contribution is -0.171. The van der Waals surface area contributed by atoms with Crippen molar-refractivity contribution in [2.45, 2.75) is 83.8 Å². The van der Waals surface area contributed by atoms with Crippen molar-refractivity contribution < 1.29 is 24.5 Å². The van der Waals surface area contributed by atoms with E-state index in [2.05, 4.69) is 28.2 Å². The van der Waals surface area contributed by atoms with Crippen LogP contribution in [-0.4, -0.2) is 48.6 Å². The Morgan fingerprint density at radius 1 is 1.12 bits per heavy atom. The number of aliphatic hydroxyl groups is 1. The second kappa shape index (κ2) is 11.0. The lowest BCUT2D eigenvalue weighted by atomic mass is 9.66. The number of Topliss-reactive ketones (excluding diaryl/α,β-unsaturated/α-hetero) is 1. The van der Waals surface area contributed by atoms with Gasteiger partial charge in [-0.1, -0.05) is 41.9 Å². The van der Waals surface area contributed by atoms with Crippen LogP contribution in [0.5, 0.6) is 6.01 Å². The molecule has 1 fully saturated rings. The molecule has 2 heterocycles. The predicted molar refractivity (Wildman–Crippen MR) is 154 cm³/mol. The van der Waals surface area contributed by atoms with Crippen LogP contribution in [0, 0.1) is 11.3 Å². The van der Waals surface area contributed by atoms with E-state index in [1.165, 1.54) is 11.1 Å². The molecule has 40 heavy (non-hydrogen) atoms. The summed E-state index contributed by atoms with van der Waals surface area (Å²) in [6.07, 6.45) is 7.35. The summed E-state index contributed by atoms with van der Waals surface area (Å²) < 4.78 is 6.07. The molecule has 0 aliphatic heterocycles. The van der Waals surface area contributed by atoms with Gasteiger partial charge in [-0.05, 0) is 88.8 Å². The number of ketones is 1. The largest absolute Gasteiger partial charge is 0.481 e. The minimum atomic E-state index is -1.28. The third kappa shape index (κ3) is 5.65. The molecule has 3 N–H and O–H groups in total. The summed E-state index contributed by atoms with van der Waals surface area (Å²) in [5.41, 5.74) is 2.63. The number of nitrogens with one attached hydrogen (secondary N) is 1. The number of carboxylic acids is 1. The van der Waals surface area contributed by atoms with Crippen molar-refractivity contribution in [3.05, 3.63) is 47.0 Å². The second-order valence-corrected chi connectivity index (χ2v) is 12.3. The molecular formula is C31H36ClN3O5. The molecule has 3 aromatic rings. The van der Waals surface area contributed by atoms with Crippen LogP contribution in [-0.2, 0) is 9.59 Å². The van der Waals surface area contributed by atoms with Crippen LogP contribution in [0.15, 0.2) is 36.4 Å². The Morgan fingerprint density at radius 3 is 2.40 bits per heavy atom. The molecule has 9 heteroatoms. The van der Waals surface area contributed by atoms with Crippen LogP contribution in [0.4, 0.5) is 0 Å². The highest BCUT2D eigenvalue weighted by atomic mass is 35.5. The van der Waals surface area contributed by atoms with Crippen LogP contribution in [0.1, 0.15) is 77.7 Å². The Balaban J connectivity index is 1.27. The van der Waals surface area contributed by atoms with E-state index in [4.69, 9.17) is 21.3 Å². The van der Waals surface area contributed by atoms with Crippen molar-refractivity contribution >= 4 is 40.1 Å². The van der Waals surface area contributed by atoms with E-state index in [0.717, 1.165) is 24.8 Å². The van der Waals surface area contributed by atoms with E-state index in [1.54, 1.807) is 26.8 Å². The fourth-order valence-electron chi connectivity index (χ4n) is 5.91. The number of benzene rings is 1. The third-order valence-electron chi connectivity index (χ3n) is 8.77. The molecule has 0 bridgehead atoms. The molecule has 2 aromatic heterocycles. The van der Waals surface area contributed by atoms with Crippen molar-refractivity contribution in [3.63, 3.8) is 0 Å². The second-order valence-electron chi connectivity index (χ2n) is 11.9. The van der Waals surface area contributed by atoms with Gasteiger partial charge in [0.2, 0.25) is 0 Å². The van der Waals surface area contributed by atoms with Gasteiger partial charge >= 0.3 is 5.97 Å². The zero-order valence-electron chi connectivity index (χ0n) is 23.2. The predicted octanol–water partition coefficient (Wildman–Crippen LogP) is 6.60. The number of ether oxygens (including phenoxy) is 1. The van der Waals surface area contributed by atoms with Crippen molar-refractivity contribution in [2.75, 3.05) is 0 Å². The summed E-state index contributed by atoms with van der Waals surface area (Å²) in [5.74, 6) is -0.305. The molecule has 0 spiro atoms. The van der Waals surface area contributed by atoms with E-state index in [9.17, 15) is 19.8 Å². The van der Waals surface area contributed by atoms with Crippen molar-refractivity contribution in [2.24, 2.45) is 11.3 Å². The first-order valence-corrected chi connectivity index (χ1v) is 14.3. The number of H-pyrrole nitrogens is 1. The van der Waals surface area contributed by atoms with Gasteiger partial charge in [0.15, 0.2) is 5.65 Å². The average Bonchev–Trinajstić information content (AvgIpc) is 3.30. The molecular weight excluding hydrogens is 530 g/mol. The van der Waals surface area contributed by atoms with Gasteiger partial charge in [0.25, 0.3) is 6.01 Å². The first-order valence-electron chi connectivity index (χ1n) is 13.9. The van der Waals surface area contributed by atoms with Gasteiger partial charge in [0, 0.05) is 12.0 Å². The summed E-state index contributed by atoms with van der Waals surface area (Å²) in [7, 11) is 0. The number of aliphatic carboxylic acids is 1. The Kier molecular flexibility index (Phi) is 7.77. The van der Waals surface area contributed by atoms with E-state index in [-0.39, 0.29) is 11.9 Å². The summed E-state index contributed by atoms with van der Waals surface area (Å²) in [4.78, 5) is 35.4. The zero-order chi connectivity index (χ0) is 28.7. The highest BCUT2D eigenvalue weighted by molar-refractivity contribution is 6.33. The molecule has 2 aliphatic carbocycles. The molecule has 1 atom stereocenters. The summed E-state index contributed by atoms with van der Waals surface area (Å²) in [5, 5.41) is 21.0. The lowest BCUT2D eigenvalue weighted by Gasteiger charge is -2.44. The number of carbonyl (C=O) groups is 2. The monoisotopic (exact) mass is 565 g/mol. The molecule has 0 radical (unpaired) electrons. The first kappa shape index (κ1) is 28.3. The number of hydrogen-bond acceptors (Lipinski definition) is 6. The Labute approximate surface area is 238 Å². The molecule has 2 aliphatic rings. The van der Waals surface area contributed by atoms with Gasteiger partial charge < -0.3 is 24.7 Å². The fourth-order valence-corrected chi connectivity index (χ4v) is 6.17.